The lowest BCUT2D eigenvalue weighted by atomic mass is 9.91. The van der Waals surface area contributed by atoms with Crippen LogP contribution < -0.4 is 10.1 Å². The number of halogens is 1. The first-order valence-corrected chi connectivity index (χ1v) is 9.21. The average molecular weight is 380 g/mol. The maximum atomic E-state index is 6.27. The van der Waals surface area contributed by atoms with Gasteiger partial charge in [-0.05, 0) is 37.8 Å². The molecule has 1 aromatic carbocycles. The van der Waals surface area contributed by atoms with Gasteiger partial charge in [-0.1, -0.05) is 16.8 Å². The van der Waals surface area contributed by atoms with E-state index >= 15 is 0 Å². The van der Waals surface area contributed by atoms with E-state index in [4.69, 9.17) is 30.3 Å². The Kier molecular flexibility index (Phi) is 5.40. The van der Waals surface area contributed by atoms with Crippen molar-refractivity contribution in [3.63, 3.8) is 0 Å². The minimum Gasteiger partial charge on any atom is -0.467 e. The molecule has 8 heteroatoms. The van der Waals surface area contributed by atoms with E-state index < -0.39 is 0 Å². The summed E-state index contributed by atoms with van der Waals surface area (Å²) >= 11 is 6.27. The van der Waals surface area contributed by atoms with Crippen molar-refractivity contribution in [3.8, 4) is 5.75 Å². The molecule has 1 fully saturated rings. The third-order valence-corrected chi connectivity index (χ3v) is 5.03. The number of hydrogen-bond donors (Lipinski definition) is 1. The summed E-state index contributed by atoms with van der Waals surface area (Å²) < 4.78 is 22.0. The molecule has 1 N–H and O–H groups in total. The summed E-state index contributed by atoms with van der Waals surface area (Å²) in [5.41, 5.74) is 1.97. The lowest BCUT2D eigenvalue weighted by Gasteiger charge is -2.29. The maximum absolute atomic E-state index is 6.27. The number of benzene rings is 1. The van der Waals surface area contributed by atoms with Gasteiger partial charge in [-0.3, -0.25) is 0 Å². The molecule has 3 heterocycles. The van der Waals surface area contributed by atoms with Crippen LogP contribution in [0.25, 0.3) is 0 Å². The van der Waals surface area contributed by atoms with Gasteiger partial charge in [0.05, 0.1) is 12.6 Å². The minimum atomic E-state index is -0.0328. The average Bonchev–Trinajstić information content (AvgIpc) is 3.08. The van der Waals surface area contributed by atoms with Crippen molar-refractivity contribution in [1.29, 1.82) is 0 Å². The van der Waals surface area contributed by atoms with Crippen LogP contribution in [0.5, 0.6) is 5.75 Å². The molecule has 140 valence electrons. The highest BCUT2D eigenvalue weighted by atomic mass is 35.5. The molecule has 0 bridgehead atoms. The predicted molar refractivity (Wildman–Crippen MR) is 93.9 cm³/mol. The largest absolute Gasteiger partial charge is 0.467 e. The van der Waals surface area contributed by atoms with Crippen LogP contribution in [0.3, 0.4) is 0 Å². The molecule has 7 nitrogen and oxygen atoms in total. The van der Waals surface area contributed by atoms with Gasteiger partial charge in [0, 0.05) is 35.9 Å². The van der Waals surface area contributed by atoms with Gasteiger partial charge in [0.15, 0.2) is 12.6 Å². The summed E-state index contributed by atoms with van der Waals surface area (Å²) in [6.07, 6.45) is 1.91. The van der Waals surface area contributed by atoms with Crippen LogP contribution in [-0.2, 0) is 22.6 Å². The van der Waals surface area contributed by atoms with Crippen LogP contribution in [0, 0.1) is 12.8 Å². The van der Waals surface area contributed by atoms with E-state index in [0.29, 0.717) is 35.8 Å². The summed E-state index contributed by atoms with van der Waals surface area (Å²) in [7, 11) is 0. The summed E-state index contributed by atoms with van der Waals surface area (Å²) in [5, 5.41) is 8.21. The SMILES string of the molecule is Cc1noc(C(NCc2cc(Cl)cc3c2OCOC3)C2CCOCC2)n1. The Morgan fingerprint density at radius 3 is 2.88 bits per heavy atom. The zero-order valence-electron chi connectivity index (χ0n) is 14.7. The van der Waals surface area contributed by atoms with E-state index in [0.717, 1.165) is 42.9 Å². The second-order valence-corrected chi connectivity index (χ2v) is 7.09. The van der Waals surface area contributed by atoms with E-state index in [9.17, 15) is 0 Å². The molecule has 0 spiro atoms. The molecule has 2 aliphatic rings. The Morgan fingerprint density at radius 2 is 2.12 bits per heavy atom. The highest BCUT2D eigenvalue weighted by Gasteiger charge is 2.30. The number of fused-ring (bicyclic) bond motifs is 1. The maximum Gasteiger partial charge on any atom is 0.244 e. The number of ether oxygens (including phenoxy) is 3. The third-order valence-electron chi connectivity index (χ3n) is 4.81. The van der Waals surface area contributed by atoms with Crippen LogP contribution in [0.4, 0.5) is 0 Å². The fraction of sp³-hybridized carbons (Fsp3) is 0.556. The van der Waals surface area contributed by atoms with Crippen LogP contribution in [0.15, 0.2) is 16.7 Å². The molecule has 1 aromatic heterocycles. The van der Waals surface area contributed by atoms with Crippen molar-refractivity contribution in [2.75, 3.05) is 20.0 Å². The Bertz CT molecular complexity index is 761. The van der Waals surface area contributed by atoms with E-state index in [1.165, 1.54) is 0 Å². The second-order valence-electron chi connectivity index (χ2n) is 6.65. The van der Waals surface area contributed by atoms with Gasteiger partial charge < -0.3 is 24.1 Å². The Balaban J connectivity index is 1.56. The van der Waals surface area contributed by atoms with Crippen molar-refractivity contribution in [1.82, 2.24) is 15.5 Å². The first kappa shape index (κ1) is 17.7. The van der Waals surface area contributed by atoms with Gasteiger partial charge in [0.2, 0.25) is 5.89 Å². The summed E-state index contributed by atoms with van der Waals surface area (Å²) in [5.74, 6) is 2.48. The van der Waals surface area contributed by atoms with Crippen LogP contribution in [-0.4, -0.2) is 30.1 Å². The van der Waals surface area contributed by atoms with Crippen molar-refractivity contribution >= 4 is 11.6 Å². The molecule has 0 aliphatic carbocycles. The van der Waals surface area contributed by atoms with Gasteiger partial charge in [0.1, 0.15) is 5.75 Å². The van der Waals surface area contributed by atoms with E-state index in [2.05, 4.69) is 15.5 Å². The molecule has 2 aliphatic heterocycles. The molecule has 0 amide bonds. The number of hydrogen-bond acceptors (Lipinski definition) is 7. The molecule has 0 radical (unpaired) electrons. The lowest BCUT2D eigenvalue weighted by molar-refractivity contribution is -0.0172. The molecule has 4 rings (SSSR count). The Hall–Kier alpha value is -1.67. The zero-order chi connectivity index (χ0) is 17.9. The summed E-state index contributed by atoms with van der Waals surface area (Å²) in [4.78, 5) is 4.45. The Labute approximate surface area is 157 Å². The highest BCUT2D eigenvalue weighted by Crippen LogP contribution is 2.34. The standard InChI is InChI=1S/C18H22ClN3O4/c1-11-21-18(26-22-11)16(12-2-4-23-5-3-12)20-8-13-6-15(19)7-14-9-24-10-25-17(13)14/h6-7,12,16,20H,2-5,8-10H2,1H3. The third kappa shape index (κ3) is 3.86. The van der Waals surface area contributed by atoms with E-state index in [1.54, 1.807) is 0 Å². The van der Waals surface area contributed by atoms with Crippen molar-refractivity contribution in [2.24, 2.45) is 5.92 Å². The van der Waals surface area contributed by atoms with Gasteiger partial charge in [-0.25, -0.2) is 0 Å². The molecular formula is C18H22ClN3O4. The van der Waals surface area contributed by atoms with Crippen molar-refractivity contribution in [2.45, 2.75) is 39.0 Å². The summed E-state index contributed by atoms with van der Waals surface area (Å²) in [6.45, 7) is 4.69. The monoisotopic (exact) mass is 379 g/mol. The zero-order valence-corrected chi connectivity index (χ0v) is 15.4. The molecule has 0 saturated carbocycles. The van der Waals surface area contributed by atoms with Gasteiger partial charge >= 0.3 is 0 Å². The molecule has 2 aromatic rings. The number of aryl methyl sites for hydroxylation is 1. The number of aromatic nitrogens is 2. The summed E-state index contributed by atoms with van der Waals surface area (Å²) in [6, 6.07) is 3.78. The quantitative estimate of drug-likeness (QED) is 0.854. The van der Waals surface area contributed by atoms with Crippen molar-refractivity contribution in [3.05, 3.63) is 40.0 Å². The van der Waals surface area contributed by atoms with E-state index in [1.807, 2.05) is 19.1 Å². The molecule has 1 saturated heterocycles. The number of nitrogens with one attached hydrogen (secondary N) is 1. The topological polar surface area (TPSA) is 78.6 Å². The van der Waals surface area contributed by atoms with E-state index in [-0.39, 0.29) is 12.8 Å². The van der Waals surface area contributed by atoms with Crippen molar-refractivity contribution < 1.29 is 18.7 Å². The van der Waals surface area contributed by atoms with Crippen LogP contribution >= 0.6 is 11.6 Å². The van der Waals surface area contributed by atoms with Gasteiger partial charge in [0.25, 0.3) is 0 Å². The lowest BCUT2D eigenvalue weighted by Crippen LogP contribution is -2.32. The molecule has 1 atom stereocenters. The molecule has 26 heavy (non-hydrogen) atoms. The van der Waals surface area contributed by atoms with Crippen LogP contribution in [0.1, 0.15) is 41.7 Å². The minimum absolute atomic E-state index is 0.0328. The first-order valence-electron chi connectivity index (χ1n) is 8.84. The Morgan fingerprint density at radius 1 is 1.27 bits per heavy atom. The predicted octanol–water partition coefficient (Wildman–Crippen LogP) is 3.16. The van der Waals surface area contributed by atoms with Gasteiger partial charge in [-0.2, -0.15) is 4.98 Å². The molecular weight excluding hydrogens is 358 g/mol. The highest BCUT2D eigenvalue weighted by molar-refractivity contribution is 6.30. The first-order chi connectivity index (χ1) is 12.7. The fourth-order valence-corrected chi connectivity index (χ4v) is 3.82. The fourth-order valence-electron chi connectivity index (χ4n) is 3.55. The molecule has 1 unspecified atom stereocenters. The van der Waals surface area contributed by atoms with Crippen LogP contribution in [0.2, 0.25) is 5.02 Å². The van der Waals surface area contributed by atoms with Gasteiger partial charge in [-0.15, -0.1) is 0 Å². The second kappa shape index (κ2) is 7.92. The number of rotatable bonds is 5. The smallest absolute Gasteiger partial charge is 0.244 e. The number of nitrogens with zero attached hydrogens (tertiary/aromatic N) is 2. The normalized spacial score (nSPS) is 19.0.